The molecule has 0 aromatic heterocycles. The molecule has 0 spiro atoms. The Balaban J connectivity index is 0.000000127. The van der Waals surface area contributed by atoms with E-state index in [0.29, 0.717) is 0 Å². The van der Waals surface area contributed by atoms with Crippen molar-refractivity contribution < 1.29 is 0 Å². The van der Waals surface area contributed by atoms with Crippen LogP contribution in [0.4, 0.5) is 0 Å². The van der Waals surface area contributed by atoms with Crippen molar-refractivity contribution in [3.63, 3.8) is 0 Å². The molecule has 5 aromatic rings. The Morgan fingerprint density at radius 3 is 1.71 bits per heavy atom. The Morgan fingerprint density at radius 1 is 0.393 bits per heavy atom. The summed E-state index contributed by atoms with van der Waals surface area (Å²) < 4.78 is 0. The van der Waals surface area contributed by atoms with Crippen molar-refractivity contribution in [1.29, 1.82) is 0 Å². The molecule has 0 heteroatoms. The van der Waals surface area contributed by atoms with Crippen LogP contribution in [0, 0.1) is 0 Å². The molecule has 1 aliphatic rings. The van der Waals surface area contributed by atoms with Gasteiger partial charge in [0.2, 0.25) is 0 Å². The maximum absolute atomic E-state index is 2.25. The smallest absolute Gasteiger partial charge is 0.0120 e. The van der Waals surface area contributed by atoms with Gasteiger partial charge in [0.1, 0.15) is 0 Å². The molecule has 0 fully saturated rings. The van der Waals surface area contributed by atoms with Crippen molar-refractivity contribution >= 4 is 21.5 Å². The molecule has 134 valence electrons. The highest BCUT2D eigenvalue weighted by Gasteiger charge is 2.11. The van der Waals surface area contributed by atoms with Crippen molar-refractivity contribution in [3.05, 3.63) is 120 Å². The summed E-state index contributed by atoms with van der Waals surface area (Å²) in [7, 11) is 0. The molecular formula is C28H22. The van der Waals surface area contributed by atoms with Gasteiger partial charge in [0.05, 0.1) is 0 Å². The average Bonchev–Trinajstić information content (AvgIpc) is 3.20. The van der Waals surface area contributed by atoms with Crippen LogP contribution in [0.1, 0.15) is 11.1 Å². The molecule has 5 aromatic carbocycles. The number of hydrogen-bond acceptors (Lipinski definition) is 0. The van der Waals surface area contributed by atoms with E-state index in [9.17, 15) is 0 Å². The van der Waals surface area contributed by atoms with Gasteiger partial charge in [-0.2, -0.15) is 0 Å². The quantitative estimate of drug-likeness (QED) is 0.292. The minimum absolute atomic E-state index is 1.23. The molecule has 28 heavy (non-hydrogen) atoms. The summed E-state index contributed by atoms with van der Waals surface area (Å²) in [6, 6.07) is 38.7. The monoisotopic (exact) mass is 358 g/mol. The van der Waals surface area contributed by atoms with Gasteiger partial charge in [0.15, 0.2) is 0 Å². The van der Waals surface area contributed by atoms with Crippen molar-refractivity contribution in [1.82, 2.24) is 0 Å². The SMILES string of the molecule is c1cc2c3c(cccc3c1)CC2.c1ccc(-c2ccc3ccccc3c2)cc1. The summed E-state index contributed by atoms with van der Waals surface area (Å²) in [6.07, 6.45) is 2.47. The molecule has 0 radical (unpaired) electrons. The Hall–Kier alpha value is -3.38. The number of hydrogen-bond donors (Lipinski definition) is 0. The van der Waals surface area contributed by atoms with E-state index in [1.165, 1.54) is 56.6 Å². The predicted octanol–water partition coefficient (Wildman–Crippen LogP) is 7.45. The number of rotatable bonds is 1. The first-order valence-electron chi connectivity index (χ1n) is 9.92. The molecule has 0 atom stereocenters. The summed E-state index contributed by atoms with van der Waals surface area (Å²) in [5.74, 6) is 0. The first-order chi connectivity index (χ1) is 13.9. The Morgan fingerprint density at radius 2 is 1.00 bits per heavy atom. The molecular weight excluding hydrogens is 336 g/mol. The fraction of sp³-hybridized carbons (Fsp3) is 0.0714. The summed E-state index contributed by atoms with van der Waals surface area (Å²) in [6.45, 7) is 0. The Labute approximate surface area is 166 Å². The van der Waals surface area contributed by atoms with E-state index in [1.807, 2.05) is 6.07 Å². The second kappa shape index (κ2) is 7.32. The summed E-state index contributed by atoms with van der Waals surface area (Å²) in [5.41, 5.74) is 5.61. The van der Waals surface area contributed by atoms with Crippen molar-refractivity contribution in [2.45, 2.75) is 12.8 Å². The molecule has 0 saturated heterocycles. The summed E-state index contributed by atoms with van der Waals surface area (Å²) >= 11 is 0. The van der Waals surface area contributed by atoms with Crippen LogP contribution in [0.15, 0.2) is 109 Å². The molecule has 0 heterocycles. The highest BCUT2D eigenvalue weighted by atomic mass is 14.2. The second-order valence-electron chi connectivity index (χ2n) is 7.36. The topological polar surface area (TPSA) is 0 Å². The third-order valence-corrected chi connectivity index (χ3v) is 5.60. The summed E-state index contributed by atoms with van der Waals surface area (Å²) in [5, 5.41) is 5.51. The average molecular weight is 358 g/mol. The third-order valence-electron chi connectivity index (χ3n) is 5.60. The minimum Gasteiger partial charge on any atom is -0.0622 e. The maximum Gasteiger partial charge on any atom is -0.0120 e. The number of fused-ring (bicyclic) bond motifs is 1. The van der Waals surface area contributed by atoms with Gasteiger partial charge in [-0.05, 0) is 62.7 Å². The lowest BCUT2D eigenvalue weighted by atomic mass is 10.0. The standard InChI is InChI=1S/C16H12.C12H10/c1-2-6-13(7-3-1)16-11-10-14-8-4-5-9-15(14)12-16;1-3-9-4-2-6-11-8-7-10(5-1)12(9)11/h1-12H;1-6H,7-8H2. The highest BCUT2D eigenvalue weighted by Crippen LogP contribution is 2.30. The van der Waals surface area contributed by atoms with Crippen LogP contribution in [0.25, 0.3) is 32.7 Å². The van der Waals surface area contributed by atoms with Gasteiger partial charge in [-0.15, -0.1) is 0 Å². The van der Waals surface area contributed by atoms with E-state index >= 15 is 0 Å². The zero-order valence-corrected chi connectivity index (χ0v) is 15.8. The fourth-order valence-corrected chi connectivity index (χ4v) is 4.19. The van der Waals surface area contributed by atoms with Gasteiger partial charge >= 0.3 is 0 Å². The van der Waals surface area contributed by atoms with E-state index in [1.54, 1.807) is 0 Å². The zero-order chi connectivity index (χ0) is 18.8. The molecule has 1 aliphatic carbocycles. The van der Waals surface area contributed by atoms with E-state index in [0.717, 1.165) is 0 Å². The lowest BCUT2D eigenvalue weighted by Gasteiger charge is -2.03. The van der Waals surface area contributed by atoms with Gasteiger partial charge in [-0.3, -0.25) is 0 Å². The highest BCUT2D eigenvalue weighted by molar-refractivity contribution is 5.90. The van der Waals surface area contributed by atoms with E-state index in [2.05, 4.69) is 103 Å². The number of benzene rings is 5. The van der Waals surface area contributed by atoms with Crippen molar-refractivity contribution in [2.75, 3.05) is 0 Å². The van der Waals surface area contributed by atoms with Gasteiger partial charge in [-0.25, -0.2) is 0 Å². The van der Waals surface area contributed by atoms with Crippen LogP contribution in [0.3, 0.4) is 0 Å². The zero-order valence-electron chi connectivity index (χ0n) is 15.8. The lowest BCUT2D eigenvalue weighted by Crippen LogP contribution is -1.77. The van der Waals surface area contributed by atoms with Gasteiger partial charge in [0, 0.05) is 0 Å². The minimum atomic E-state index is 1.23. The molecule has 6 rings (SSSR count). The van der Waals surface area contributed by atoms with Crippen LogP contribution in [0.5, 0.6) is 0 Å². The molecule has 0 aliphatic heterocycles. The van der Waals surface area contributed by atoms with Crippen LogP contribution in [0.2, 0.25) is 0 Å². The van der Waals surface area contributed by atoms with Gasteiger partial charge < -0.3 is 0 Å². The van der Waals surface area contributed by atoms with Gasteiger partial charge in [-0.1, -0.05) is 103 Å². The molecule has 0 N–H and O–H groups in total. The molecule has 0 bridgehead atoms. The molecule has 0 unspecified atom stereocenters. The maximum atomic E-state index is 2.25. The van der Waals surface area contributed by atoms with Crippen LogP contribution < -0.4 is 0 Å². The normalized spacial score (nSPS) is 12.0. The van der Waals surface area contributed by atoms with E-state index in [-0.39, 0.29) is 0 Å². The van der Waals surface area contributed by atoms with E-state index in [4.69, 9.17) is 0 Å². The number of aryl methyl sites for hydroxylation is 2. The predicted molar refractivity (Wildman–Crippen MR) is 121 cm³/mol. The van der Waals surface area contributed by atoms with Crippen LogP contribution >= 0.6 is 0 Å². The van der Waals surface area contributed by atoms with Crippen LogP contribution in [-0.4, -0.2) is 0 Å². The molecule has 0 amide bonds. The third kappa shape index (κ3) is 3.18. The van der Waals surface area contributed by atoms with Crippen molar-refractivity contribution in [2.24, 2.45) is 0 Å². The van der Waals surface area contributed by atoms with Crippen molar-refractivity contribution in [3.8, 4) is 11.1 Å². The van der Waals surface area contributed by atoms with Gasteiger partial charge in [0.25, 0.3) is 0 Å². The largest absolute Gasteiger partial charge is 0.0622 e. The lowest BCUT2D eigenvalue weighted by molar-refractivity contribution is 1.02. The first-order valence-corrected chi connectivity index (χ1v) is 9.92. The summed E-state index contributed by atoms with van der Waals surface area (Å²) in [4.78, 5) is 0. The van der Waals surface area contributed by atoms with Crippen LogP contribution in [-0.2, 0) is 12.8 Å². The second-order valence-corrected chi connectivity index (χ2v) is 7.36. The fourth-order valence-electron chi connectivity index (χ4n) is 4.19. The molecule has 0 saturated carbocycles. The Bertz CT molecular complexity index is 1210. The first kappa shape index (κ1) is 16.8. The van der Waals surface area contributed by atoms with E-state index < -0.39 is 0 Å². The Kier molecular flexibility index (Phi) is 4.39. The molecule has 0 nitrogen and oxygen atoms in total.